The number of hydrogen-bond donors (Lipinski definition) is 1. The van der Waals surface area contributed by atoms with Crippen LogP contribution in [0, 0.1) is 11.8 Å². The van der Waals surface area contributed by atoms with Gasteiger partial charge in [-0.1, -0.05) is 6.92 Å². The fraction of sp³-hybridized carbons (Fsp3) is 0.923. The lowest BCUT2D eigenvalue weighted by Crippen LogP contribution is -2.50. The number of nitrogens with zero attached hydrogens (tertiary/aromatic N) is 1. The molecule has 2 bridgehead atoms. The Bertz CT molecular complexity index is 310. The first kappa shape index (κ1) is 12.7. The molecule has 2 aliphatic rings. The van der Waals surface area contributed by atoms with E-state index in [9.17, 15) is 9.90 Å². The van der Waals surface area contributed by atoms with Crippen molar-refractivity contribution >= 4 is 6.09 Å². The van der Waals surface area contributed by atoms with Gasteiger partial charge in [-0.3, -0.25) is 4.90 Å². The van der Waals surface area contributed by atoms with E-state index in [2.05, 4.69) is 6.92 Å². The Morgan fingerprint density at radius 2 is 2.06 bits per heavy atom. The first-order valence-electron chi connectivity index (χ1n) is 6.45. The van der Waals surface area contributed by atoms with Gasteiger partial charge in [-0.2, -0.15) is 0 Å². The summed E-state index contributed by atoms with van der Waals surface area (Å²) in [5, 5.41) is 9.47. The van der Waals surface area contributed by atoms with Crippen molar-refractivity contribution in [3.8, 4) is 0 Å². The second-order valence-corrected chi connectivity index (χ2v) is 6.40. The van der Waals surface area contributed by atoms with E-state index >= 15 is 0 Å². The minimum absolute atomic E-state index is 0.0430. The van der Waals surface area contributed by atoms with Crippen molar-refractivity contribution in [2.75, 3.05) is 6.61 Å². The van der Waals surface area contributed by atoms with E-state index in [1.54, 1.807) is 4.90 Å². The number of piperidine rings is 1. The Hall–Kier alpha value is -0.770. The Labute approximate surface area is 103 Å². The summed E-state index contributed by atoms with van der Waals surface area (Å²) >= 11 is 0. The lowest BCUT2D eigenvalue weighted by atomic mass is 9.90. The van der Waals surface area contributed by atoms with Crippen LogP contribution in [0.3, 0.4) is 0 Å². The van der Waals surface area contributed by atoms with E-state index in [4.69, 9.17) is 4.74 Å². The number of rotatable bonds is 1. The zero-order valence-corrected chi connectivity index (χ0v) is 11.1. The van der Waals surface area contributed by atoms with Gasteiger partial charge in [0.2, 0.25) is 0 Å². The molecule has 0 spiro atoms. The molecule has 4 heteroatoms. The molecule has 4 atom stereocenters. The Morgan fingerprint density at radius 3 is 2.59 bits per heavy atom. The molecule has 0 aromatic carbocycles. The lowest BCUT2D eigenvalue weighted by Gasteiger charge is -2.37. The van der Waals surface area contributed by atoms with Crippen molar-refractivity contribution in [2.45, 2.75) is 58.2 Å². The van der Waals surface area contributed by atoms with Crippen molar-refractivity contribution in [3.63, 3.8) is 0 Å². The molecule has 1 unspecified atom stereocenters. The molecule has 2 fully saturated rings. The van der Waals surface area contributed by atoms with Crippen LogP contribution in [0.1, 0.15) is 40.5 Å². The molecule has 4 nitrogen and oxygen atoms in total. The van der Waals surface area contributed by atoms with Crippen LogP contribution in [0.4, 0.5) is 4.79 Å². The predicted molar refractivity (Wildman–Crippen MR) is 64.6 cm³/mol. The minimum atomic E-state index is -0.468. The van der Waals surface area contributed by atoms with Gasteiger partial charge < -0.3 is 9.84 Å². The predicted octanol–water partition coefficient (Wildman–Crippen LogP) is 2.01. The van der Waals surface area contributed by atoms with Gasteiger partial charge in [-0.05, 0) is 45.4 Å². The lowest BCUT2D eigenvalue weighted by molar-refractivity contribution is -0.00591. The quantitative estimate of drug-likeness (QED) is 0.764. The van der Waals surface area contributed by atoms with Gasteiger partial charge in [0, 0.05) is 6.04 Å². The molecule has 1 aliphatic carbocycles. The number of aliphatic hydroxyl groups excluding tert-OH is 1. The SMILES string of the molecule is C[C@@H]1CC2C[C@@H]1[C@H](CO)N2C(=O)OC(C)(C)C. The third-order valence-corrected chi connectivity index (χ3v) is 3.96. The van der Waals surface area contributed by atoms with E-state index in [-0.39, 0.29) is 24.8 Å². The minimum Gasteiger partial charge on any atom is -0.444 e. The molecule has 0 radical (unpaired) electrons. The van der Waals surface area contributed by atoms with Gasteiger partial charge in [-0.25, -0.2) is 4.79 Å². The summed E-state index contributed by atoms with van der Waals surface area (Å²) in [7, 11) is 0. The molecule has 2 rings (SSSR count). The maximum atomic E-state index is 12.1. The van der Waals surface area contributed by atoms with Gasteiger partial charge in [0.25, 0.3) is 0 Å². The topological polar surface area (TPSA) is 49.8 Å². The number of amides is 1. The van der Waals surface area contributed by atoms with Crippen LogP contribution in [0.25, 0.3) is 0 Å². The summed E-state index contributed by atoms with van der Waals surface area (Å²) < 4.78 is 5.42. The number of ether oxygens (including phenoxy) is 1. The second kappa shape index (κ2) is 4.16. The average Bonchev–Trinajstić information content (AvgIpc) is 2.69. The zero-order valence-electron chi connectivity index (χ0n) is 11.1. The number of carbonyl (C=O) groups is 1. The van der Waals surface area contributed by atoms with Crippen LogP contribution < -0.4 is 0 Å². The summed E-state index contributed by atoms with van der Waals surface area (Å²) in [4.78, 5) is 13.9. The highest BCUT2D eigenvalue weighted by atomic mass is 16.6. The number of fused-ring (bicyclic) bond motifs is 2. The van der Waals surface area contributed by atoms with Crippen molar-refractivity contribution in [1.82, 2.24) is 4.90 Å². The maximum absolute atomic E-state index is 12.1. The van der Waals surface area contributed by atoms with Crippen LogP contribution in [-0.2, 0) is 4.74 Å². The summed E-state index contributed by atoms with van der Waals surface area (Å²) in [6, 6.07) is 0.223. The van der Waals surface area contributed by atoms with Crippen LogP contribution >= 0.6 is 0 Å². The zero-order chi connectivity index (χ0) is 12.8. The summed E-state index contributed by atoms with van der Waals surface area (Å²) in [6.07, 6.45) is 1.79. The molecule has 1 heterocycles. The highest BCUT2D eigenvalue weighted by molar-refractivity contribution is 5.70. The summed E-state index contributed by atoms with van der Waals surface area (Å²) in [5.41, 5.74) is -0.468. The first-order valence-corrected chi connectivity index (χ1v) is 6.45. The third-order valence-electron chi connectivity index (χ3n) is 3.96. The molecule has 17 heavy (non-hydrogen) atoms. The van der Waals surface area contributed by atoms with Crippen molar-refractivity contribution in [2.24, 2.45) is 11.8 Å². The van der Waals surface area contributed by atoms with Crippen molar-refractivity contribution < 1.29 is 14.6 Å². The normalized spacial score (nSPS) is 36.4. The van der Waals surface area contributed by atoms with E-state index < -0.39 is 5.60 Å². The maximum Gasteiger partial charge on any atom is 0.410 e. The van der Waals surface area contributed by atoms with Gasteiger partial charge in [0.05, 0.1) is 12.6 Å². The van der Waals surface area contributed by atoms with Crippen LogP contribution in [0.5, 0.6) is 0 Å². The van der Waals surface area contributed by atoms with E-state index in [0.717, 1.165) is 12.8 Å². The van der Waals surface area contributed by atoms with Crippen molar-refractivity contribution in [1.29, 1.82) is 0 Å². The van der Waals surface area contributed by atoms with E-state index in [0.29, 0.717) is 11.8 Å². The molecule has 1 aliphatic heterocycles. The first-order chi connectivity index (χ1) is 7.83. The number of carbonyl (C=O) groups excluding carboxylic acids is 1. The van der Waals surface area contributed by atoms with Gasteiger partial charge in [0.15, 0.2) is 0 Å². The van der Waals surface area contributed by atoms with E-state index in [1.165, 1.54) is 0 Å². The van der Waals surface area contributed by atoms with Gasteiger partial charge in [-0.15, -0.1) is 0 Å². The molecule has 0 aromatic heterocycles. The fourth-order valence-corrected chi connectivity index (χ4v) is 3.31. The monoisotopic (exact) mass is 241 g/mol. The average molecular weight is 241 g/mol. The number of likely N-dealkylation sites (tertiary alicyclic amines) is 1. The Kier molecular flexibility index (Phi) is 3.10. The molecule has 1 N–H and O–H groups in total. The standard InChI is InChI=1S/C13H23NO3/c1-8-5-9-6-10(8)11(7-15)14(9)12(16)17-13(2,3)4/h8-11,15H,5-7H2,1-4H3/t8-,9?,10+,11+/m1/s1. The smallest absolute Gasteiger partial charge is 0.410 e. The van der Waals surface area contributed by atoms with Crippen LogP contribution in [0.15, 0.2) is 0 Å². The highest BCUT2D eigenvalue weighted by Gasteiger charge is 2.52. The molecule has 1 amide bonds. The number of hydrogen-bond acceptors (Lipinski definition) is 3. The van der Waals surface area contributed by atoms with Crippen LogP contribution in [-0.4, -0.2) is 40.4 Å². The molecular weight excluding hydrogens is 218 g/mol. The fourth-order valence-electron chi connectivity index (χ4n) is 3.31. The largest absolute Gasteiger partial charge is 0.444 e. The van der Waals surface area contributed by atoms with Gasteiger partial charge >= 0.3 is 6.09 Å². The van der Waals surface area contributed by atoms with Gasteiger partial charge in [0.1, 0.15) is 5.60 Å². The highest BCUT2D eigenvalue weighted by Crippen LogP contribution is 2.46. The molecule has 0 aromatic rings. The Morgan fingerprint density at radius 1 is 1.41 bits per heavy atom. The summed E-state index contributed by atoms with van der Waals surface area (Å²) in [6.45, 7) is 7.87. The Balaban J connectivity index is 2.09. The molecule has 98 valence electrons. The number of aliphatic hydroxyl groups is 1. The molecule has 1 saturated carbocycles. The second-order valence-electron chi connectivity index (χ2n) is 6.40. The van der Waals surface area contributed by atoms with E-state index in [1.807, 2.05) is 20.8 Å². The molecule has 1 saturated heterocycles. The molecular formula is C13H23NO3. The summed E-state index contributed by atoms with van der Waals surface area (Å²) in [5.74, 6) is 1.05. The van der Waals surface area contributed by atoms with Crippen molar-refractivity contribution in [3.05, 3.63) is 0 Å². The van der Waals surface area contributed by atoms with Crippen LogP contribution in [0.2, 0.25) is 0 Å². The third kappa shape index (κ3) is 2.28.